The molecule has 0 fully saturated rings. The first kappa shape index (κ1) is 9.67. The molecule has 1 N–H and O–H groups in total. The molecular weight excluding hydrogens is 138 g/mol. The van der Waals surface area contributed by atoms with Gasteiger partial charge in [0, 0.05) is 5.57 Å². The zero-order chi connectivity index (χ0) is 8.69. The molecule has 2 nitrogen and oxygen atoms in total. The predicted octanol–water partition coefficient (Wildman–Crippen LogP) is 1.56. The van der Waals surface area contributed by atoms with E-state index < -0.39 is 0 Å². The van der Waals surface area contributed by atoms with E-state index in [1.807, 2.05) is 13.0 Å². The van der Waals surface area contributed by atoms with Gasteiger partial charge in [-0.15, -0.1) is 0 Å². The van der Waals surface area contributed by atoms with Crippen LogP contribution in [0.5, 0.6) is 0 Å². The molecule has 2 heteroatoms. The largest absolute Gasteiger partial charge is 0.392 e. The summed E-state index contributed by atoms with van der Waals surface area (Å²) in [4.78, 5) is 0. The third-order valence-corrected chi connectivity index (χ3v) is 1.03. The van der Waals surface area contributed by atoms with Crippen LogP contribution >= 0.6 is 0 Å². The highest BCUT2D eigenvalue weighted by Gasteiger charge is 1.84. The van der Waals surface area contributed by atoms with Crippen LogP contribution in [0.25, 0.3) is 0 Å². The number of aliphatic hydroxyl groups is 1. The molecule has 0 unspecified atom stereocenters. The highest BCUT2D eigenvalue weighted by molar-refractivity contribution is 5.35. The number of rotatable bonds is 3. The van der Waals surface area contributed by atoms with E-state index >= 15 is 0 Å². The lowest BCUT2D eigenvalue weighted by Gasteiger charge is -1.88. The van der Waals surface area contributed by atoms with Crippen molar-refractivity contribution in [2.24, 2.45) is 0 Å². The molecule has 0 aliphatic carbocycles. The van der Waals surface area contributed by atoms with Crippen molar-refractivity contribution in [3.63, 3.8) is 0 Å². The van der Waals surface area contributed by atoms with Gasteiger partial charge in [0.1, 0.15) is 0 Å². The Morgan fingerprint density at radius 3 is 2.82 bits per heavy atom. The molecule has 0 heterocycles. The van der Waals surface area contributed by atoms with Crippen molar-refractivity contribution in [1.82, 2.24) is 0 Å². The summed E-state index contributed by atoms with van der Waals surface area (Å²) in [6.07, 6.45) is 5.01. The van der Waals surface area contributed by atoms with Gasteiger partial charge in [-0.3, -0.25) is 0 Å². The van der Waals surface area contributed by atoms with Crippen molar-refractivity contribution in [2.75, 3.05) is 6.61 Å². The van der Waals surface area contributed by atoms with Crippen molar-refractivity contribution < 1.29 is 5.11 Å². The average molecular weight is 149 g/mol. The topological polar surface area (TPSA) is 44.0 Å². The first-order valence-electron chi connectivity index (χ1n) is 3.25. The fourth-order valence-corrected chi connectivity index (χ4v) is 0.594. The van der Waals surface area contributed by atoms with Crippen LogP contribution in [0.1, 0.15) is 6.92 Å². The molecule has 0 saturated heterocycles. The second-order valence-electron chi connectivity index (χ2n) is 2.11. The van der Waals surface area contributed by atoms with Gasteiger partial charge in [0.15, 0.2) is 0 Å². The molecule has 0 amide bonds. The Balaban J connectivity index is 4.14. The second-order valence-corrected chi connectivity index (χ2v) is 2.11. The van der Waals surface area contributed by atoms with Crippen molar-refractivity contribution in [3.05, 3.63) is 36.0 Å². The fraction of sp³-hybridized carbons (Fsp3) is 0.222. The monoisotopic (exact) mass is 149 g/mol. The summed E-state index contributed by atoms with van der Waals surface area (Å²) in [7, 11) is 0. The number of aliphatic hydroxyl groups excluding tert-OH is 1. The maximum atomic E-state index is 8.40. The van der Waals surface area contributed by atoms with E-state index in [1.54, 1.807) is 18.2 Å². The fourth-order valence-electron chi connectivity index (χ4n) is 0.594. The zero-order valence-electron chi connectivity index (χ0n) is 6.54. The van der Waals surface area contributed by atoms with Gasteiger partial charge in [-0.2, -0.15) is 5.26 Å². The summed E-state index contributed by atoms with van der Waals surface area (Å²) in [5.41, 5.74) is 1.33. The van der Waals surface area contributed by atoms with Crippen LogP contribution in [-0.4, -0.2) is 11.7 Å². The molecule has 0 saturated carbocycles. The third kappa shape index (κ3) is 5.13. The van der Waals surface area contributed by atoms with Crippen molar-refractivity contribution >= 4 is 0 Å². The van der Waals surface area contributed by atoms with Gasteiger partial charge in [0.05, 0.1) is 12.7 Å². The van der Waals surface area contributed by atoms with Crippen LogP contribution in [0.2, 0.25) is 0 Å². The first-order valence-corrected chi connectivity index (χ1v) is 3.25. The summed E-state index contributed by atoms with van der Waals surface area (Å²) in [5, 5.41) is 16.7. The zero-order valence-corrected chi connectivity index (χ0v) is 6.54. The molecule has 0 bridgehead atoms. The summed E-state index contributed by atoms with van der Waals surface area (Å²) >= 11 is 0. The van der Waals surface area contributed by atoms with Crippen LogP contribution in [0.15, 0.2) is 36.0 Å². The molecule has 0 rings (SSSR count). The SMILES string of the molecule is C=C(C#N)/C=C(C)\C=C/CO. The molecule has 0 aromatic carbocycles. The van der Waals surface area contributed by atoms with E-state index in [4.69, 9.17) is 10.4 Å². The molecule has 0 aromatic heterocycles. The predicted molar refractivity (Wildman–Crippen MR) is 44.7 cm³/mol. The van der Waals surface area contributed by atoms with E-state index in [2.05, 4.69) is 6.58 Å². The minimum absolute atomic E-state index is 0.0181. The number of allylic oxidation sites excluding steroid dienone is 4. The molecule has 0 atom stereocenters. The Bertz CT molecular complexity index is 230. The van der Waals surface area contributed by atoms with E-state index in [1.165, 1.54) is 0 Å². The number of hydrogen-bond donors (Lipinski definition) is 1. The Morgan fingerprint density at radius 1 is 1.73 bits per heavy atom. The van der Waals surface area contributed by atoms with Crippen molar-refractivity contribution in [1.29, 1.82) is 5.26 Å². The van der Waals surface area contributed by atoms with E-state index in [0.717, 1.165) is 5.57 Å². The number of nitrogens with zero attached hydrogens (tertiary/aromatic N) is 1. The smallest absolute Gasteiger partial charge is 0.0985 e. The summed E-state index contributed by atoms with van der Waals surface area (Å²) < 4.78 is 0. The molecule has 0 radical (unpaired) electrons. The lowest BCUT2D eigenvalue weighted by atomic mass is 10.2. The van der Waals surface area contributed by atoms with Gasteiger partial charge >= 0.3 is 0 Å². The summed E-state index contributed by atoms with van der Waals surface area (Å²) in [6.45, 7) is 5.35. The molecule has 0 aliphatic rings. The van der Waals surface area contributed by atoms with Gasteiger partial charge in [-0.05, 0) is 13.0 Å². The van der Waals surface area contributed by atoms with E-state index in [9.17, 15) is 0 Å². The Kier molecular flexibility index (Phi) is 4.80. The summed E-state index contributed by atoms with van der Waals surface area (Å²) in [5.74, 6) is 0. The Hall–Kier alpha value is -1.33. The Labute approximate surface area is 66.8 Å². The van der Waals surface area contributed by atoms with Gasteiger partial charge < -0.3 is 5.11 Å². The maximum absolute atomic E-state index is 8.40. The highest BCUT2D eigenvalue weighted by Crippen LogP contribution is 1.99. The van der Waals surface area contributed by atoms with E-state index in [-0.39, 0.29) is 6.61 Å². The summed E-state index contributed by atoms with van der Waals surface area (Å²) in [6, 6.07) is 1.91. The van der Waals surface area contributed by atoms with Crippen LogP contribution in [0, 0.1) is 11.3 Å². The van der Waals surface area contributed by atoms with Crippen molar-refractivity contribution in [3.8, 4) is 6.07 Å². The first-order chi connectivity index (χ1) is 5.20. The van der Waals surface area contributed by atoms with Crippen LogP contribution in [0.3, 0.4) is 0 Å². The molecule has 0 aromatic rings. The van der Waals surface area contributed by atoms with Crippen molar-refractivity contribution in [2.45, 2.75) is 6.92 Å². The molecular formula is C9H11NO. The quantitative estimate of drug-likeness (QED) is 0.489. The van der Waals surface area contributed by atoms with Gasteiger partial charge in [0.25, 0.3) is 0 Å². The van der Waals surface area contributed by atoms with E-state index in [0.29, 0.717) is 5.57 Å². The lowest BCUT2D eigenvalue weighted by molar-refractivity contribution is 0.342. The van der Waals surface area contributed by atoms with Crippen LogP contribution in [-0.2, 0) is 0 Å². The highest BCUT2D eigenvalue weighted by atomic mass is 16.2. The number of nitriles is 1. The minimum atomic E-state index is 0.0181. The van der Waals surface area contributed by atoms with Gasteiger partial charge in [-0.25, -0.2) is 0 Å². The Morgan fingerprint density at radius 2 is 2.36 bits per heavy atom. The normalized spacial score (nSPS) is 11.5. The van der Waals surface area contributed by atoms with Crippen LogP contribution < -0.4 is 0 Å². The average Bonchev–Trinajstić information content (AvgIpc) is 2.00. The van der Waals surface area contributed by atoms with Gasteiger partial charge in [0.2, 0.25) is 0 Å². The molecule has 58 valence electrons. The standard InChI is InChI=1S/C9H11NO/c1-8(4-3-5-11)6-9(2)7-10/h3-4,6,11H,2,5H2,1H3/b4-3-,8-6-. The minimum Gasteiger partial charge on any atom is -0.392 e. The van der Waals surface area contributed by atoms with Gasteiger partial charge in [-0.1, -0.05) is 24.3 Å². The molecule has 0 aliphatic heterocycles. The lowest BCUT2D eigenvalue weighted by Crippen LogP contribution is -1.75. The molecule has 11 heavy (non-hydrogen) atoms. The van der Waals surface area contributed by atoms with Crippen LogP contribution in [0.4, 0.5) is 0 Å². The maximum Gasteiger partial charge on any atom is 0.0985 e. The number of hydrogen-bond acceptors (Lipinski definition) is 2. The third-order valence-electron chi connectivity index (χ3n) is 1.03. The second kappa shape index (κ2) is 5.45. The molecule has 0 spiro atoms.